The Bertz CT molecular complexity index is 903. The summed E-state index contributed by atoms with van der Waals surface area (Å²) in [5.41, 5.74) is 0.280. The minimum absolute atomic E-state index is 0.192. The lowest BCUT2D eigenvalue weighted by Crippen LogP contribution is -2.35. The van der Waals surface area contributed by atoms with Gasteiger partial charge in [0.05, 0.1) is 17.1 Å². The van der Waals surface area contributed by atoms with E-state index in [-0.39, 0.29) is 10.5 Å². The molecule has 1 saturated heterocycles. The Morgan fingerprint density at radius 3 is 2.25 bits per heavy atom. The van der Waals surface area contributed by atoms with Gasteiger partial charge in [-0.3, -0.25) is 0 Å². The Labute approximate surface area is 166 Å². The minimum Gasteiger partial charge on any atom is -0.490 e. The van der Waals surface area contributed by atoms with Crippen molar-refractivity contribution in [3.63, 3.8) is 0 Å². The molecule has 0 bridgehead atoms. The molecule has 1 fully saturated rings. The number of benzene rings is 2. The van der Waals surface area contributed by atoms with Gasteiger partial charge in [0.25, 0.3) is 0 Å². The van der Waals surface area contributed by atoms with Crippen LogP contribution in [0.2, 0.25) is 0 Å². The fraction of sp³-hybridized carbons (Fsp3) is 0.381. The molecule has 0 amide bonds. The number of hydrogen-bond donors (Lipinski definition) is 0. The van der Waals surface area contributed by atoms with Crippen molar-refractivity contribution in [2.45, 2.75) is 37.5 Å². The van der Waals surface area contributed by atoms with E-state index in [0.29, 0.717) is 31.2 Å². The maximum Gasteiger partial charge on any atom is 0.343 e. The summed E-state index contributed by atoms with van der Waals surface area (Å²) in [7, 11) is -3.52. The summed E-state index contributed by atoms with van der Waals surface area (Å²) in [6.45, 7) is 3.60. The zero-order valence-corrected chi connectivity index (χ0v) is 16.8. The zero-order chi connectivity index (χ0) is 20.0. The number of carbonyl (C=O) groups excluding carboxylic acids is 1. The maximum absolute atomic E-state index is 12.7. The van der Waals surface area contributed by atoms with Crippen molar-refractivity contribution in [2.24, 2.45) is 0 Å². The van der Waals surface area contributed by atoms with Gasteiger partial charge in [0, 0.05) is 13.1 Å². The highest BCUT2D eigenvalue weighted by molar-refractivity contribution is 7.89. The van der Waals surface area contributed by atoms with Crippen LogP contribution in [0.5, 0.6) is 11.5 Å². The predicted octanol–water partition coefficient (Wildman–Crippen LogP) is 3.87. The SMILES string of the molecule is CCCOc1ccccc1OC(=O)c1ccc(S(=O)(=O)N2CCCCC2)cc1. The molecule has 0 aromatic heterocycles. The molecule has 0 aliphatic carbocycles. The van der Waals surface area contributed by atoms with Crippen molar-refractivity contribution in [1.82, 2.24) is 4.31 Å². The molecule has 0 spiro atoms. The van der Waals surface area contributed by atoms with E-state index in [4.69, 9.17) is 9.47 Å². The van der Waals surface area contributed by atoms with Crippen LogP contribution in [0.3, 0.4) is 0 Å². The first-order valence-corrected chi connectivity index (χ1v) is 11.0. The second-order valence-corrected chi connectivity index (χ2v) is 8.61. The molecule has 0 saturated carbocycles. The van der Waals surface area contributed by atoms with E-state index in [1.165, 1.54) is 28.6 Å². The maximum atomic E-state index is 12.7. The number of ether oxygens (including phenoxy) is 2. The third-order valence-corrected chi connectivity index (χ3v) is 6.47. The number of hydrogen-bond acceptors (Lipinski definition) is 5. The molecule has 7 heteroatoms. The van der Waals surface area contributed by atoms with Crippen molar-refractivity contribution >= 4 is 16.0 Å². The third kappa shape index (κ3) is 4.72. The van der Waals surface area contributed by atoms with Crippen molar-refractivity contribution in [2.75, 3.05) is 19.7 Å². The summed E-state index contributed by atoms with van der Waals surface area (Å²) in [6.07, 6.45) is 3.65. The average molecular weight is 404 g/mol. The molecule has 1 aliphatic rings. The predicted molar refractivity (Wildman–Crippen MR) is 106 cm³/mol. The van der Waals surface area contributed by atoms with E-state index in [9.17, 15) is 13.2 Å². The van der Waals surface area contributed by atoms with Gasteiger partial charge >= 0.3 is 5.97 Å². The molecule has 0 unspecified atom stereocenters. The standard InChI is InChI=1S/C21H25NO5S/c1-2-16-26-19-8-4-5-9-20(19)27-21(23)17-10-12-18(13-11-17)28(24,25)22-14-6-3-7-15-22/h4-5,8-13H,2-3,6-7,14-16H2,1H3. The third-order valence-electron chi connectivity index (χ3n) is 4.56. The van der Waals surface area contributed by atoms with Crippen molar-refractivity contribution < 1.29 is 22.7 Å². The summed E-state index contributed by atoms with van der Waals surface area (Å²) >= 11 is 0. The van der Waals surface area contributed by atoms with Gasteiger partial charge in [-0.05, 0) is 55.7 Å². The van der Waals surface area contributed by atoms with Crippen molar-refractivity contribution in [3.05, 3.63) is 54.1 Å². The average Bonchev–Trinajstić information content (AvgIpc) is 2.74. The molecular formula is C21H25NO5S. The van der Waals surface area contributed by atoms with Crippen LogP contribution in [0.1, 0.15) is 43.0 Å². The van der Waals surface area contributed by atoms with Crippen LogP contribution >= 0.6 is 0 Å². The van der Waals surface area contributed by atoms with Gasteiger partial charge in [-0.1, -0.05) is 25.5 Å². The Hall–Kier alpha value is -2.38. The number of nitrogens with zero attached hydrogens (tertiary/aromatic N) is 1. The molecule has 0 atom stereocenters. The number of esters is 1. The van der Waals surface area contributed by atoms with E-state index in [1.807, 2.05) is 13.0 Å². The Kier molecular flexibility index (Phi) is 6.70. The van der Waals surface area contributed by atoms with Gasteiger partial charge in [0.1, 0.15) is 0 Å². The minimum atomic E-state index is -3.52. The highest BCUT2D eigenvalue weighted by Gasteiger charge is 2.26. The first kappa shape index (κ1) is 20.4. The smallest absolute Gasteiger partial charge is 0.343 e. The van der Waals surface area contributed by atoms with Crippen LogP contribution in [0.15, 0.2) is 53.4 Å². The van der Waals surface area contributed by atoms with Gasteiger partial charge in [-0.25, -0.2) is 13.2 Å². The van der Waals surface area contributed by atoms with Crippen LogP contribution in [0.25, 0.3) is 0 Å². The summed E-state index contributed by atoms with van der Waals surface area (Å²) in [4.78, 5) is 12.7. The molecular weight excluding hydrogens is 378 g/mol. The van der Waals surface area contributed by atoms with Gasteiger partial charge in [-0.2, -0.15) is 4.31 Å². The number of para-hydroxylation sites is 2. The van der Waals surface area contributed by atoms with Crippen LogP contribution in [-0.4, -0.2) is 38.4 Å². The van der Waals surface area contributed by atoms with Crippen LogP contribution < -0.4 is 9.47 Å². The Morgan fingerprint density at radius 2 is 1.61 bits per heavy atom. The number of rotatable bonds is 7. The molecule has 150 valence electrons. The molecule has 2 aromatic carbocycles. The van der Waals surface area contributed by atoms with Crippen molar-refractivity contribution in [1.29, 1.82) is 0 Å². The second kappa shape index (κ2) is 9.21. The highest BCUT2D eigenvalue weighted by atomic mass is 32.2. The Balaban J connectivity index is 1.72. The van der Waals surface area contributed by atoms with E-state index in [0.717, 1.165) is 25.7 Å². The lowest BCUT2D eigenvalue weighted by atomic mass is 10.2. The monoisotopic (exact) mass is 403 g/mol. The van der Waals surface area contributed by atoms with Crippen LogP contribution in [0, 0.1) is 0 Å². The first-order chi connectivity index (χ1) is 13.5. The fourth-order valence-electron chi connectivity index (χ4n) is 3.04. The summed E-state index contributed by atoms with van der Waals surface area (Å²) in [6, 6.07) is 12.9. The molecule has 1 aliphatic heterocycles. The molecule has 3 rings (SSSR count). The van der Waals surface area contributed by atoms with Crippen molar-refractivity contribution in [3.8, 4) is 11.5 Å². The molecule has 0 radical (unpaired) electrons. The number of sulfonamides is 1. The van der Waals surface area contributed by atoms with E-state index < -0.39 is 16.0 Å². The zero-order valence-electron chi connectivity index (χ0n) is 16.0. The van der Waals surface area contributed by atoms with Gasteiger partial charge < -0.3 is 9.47 Å². The summed E-state index contributed by atoms with van der Waals surface area (Å²) in [5.74, 6) is 0.280. The molecule has 6 nitrogen and oxygen atoms in total. The summed E-state index contributed by atoms with van der Waals surface area (Å²) in [5, 5.41) is 0. The van der Waals surface area contributed by atoms with Gasteiger partial charge in [0.15, 0.2) is 11.5 Å². The first-order valence-electron chi connectivity index (χ1n) is 9.56. The van der Waals surface area contributed by atoms with Crippen LogP contribution in [-0.2, 0) is 10.0 Å². The largest absolute Gasteiger partial charge is 0.490 e. The lowest BCUT2D eigenvalue weighted by molar-refractivity contribution is 0.0728. The van der Waals surface area contributed by atoms with E-state index in [2.05, 4.69) is 0 Å². The summed E-state index contributed by atoms with van der Waals surface area (Å²) < 4.78 is 37.9. The van der Waals surface area contributed by atoms with Gasteiger partial charge in [-0.15, -0.1) is 0 Å². The number of carbonyl (C=O) groups is 1. The van der Waals surface area contributed by atoms with E-state index >= 15 is 0 Å². The topological polar surface area (TPSA) is 72.9 Å². The fourth-order valence-corrected chi connectivity index (χ4v) is 4.56. The van der Waals surface area contributed by atoms with Gasteiger partial charge in [0.2, 0.25) is 10.0 Å². The molecule has 28 heavy (non-hydrogen) atoms. The molecule has 2 aromatic rings. The van der Waals surface area contributed by atoms with E-state index in [1.54, 1.807) is 18.2 Å². The lowest BCUT2D eigenvalue weighted by Gasteiger charge is -2.25. The second-order valence-electron chi connectivity index (χ2n) is 6.67. The van der Waals surface area contributed by atoms with Crippen LogP contribution in [0.4, 0.5) is 0 Å². The molecule has 0 N–H and O–H groups in total. The quantitative estimate of drug-likeness (QED) is 0.518. The highest BCUT2D eigenvalue weighted by Crippen LogP contribution is 2.28. The normalized spacial score (nSPS) is 15.2. The number of piperidine rings is 1. The molecule has 1 heterocycles. The Morgan fingerprint density at radius 1 is 0.964 bits per heavy atom.